The third-order valence-corrected chi connectivity index (χ3v) is 3.73. The van der Waals surface area contributed by atoms with Crippen molar-refractivity contribution in [3.63, 3.8) is 0 Å². The number of thioether (sulfide) groups is 1. The van der Waals surface area contributed by atoms with E-state index in [1.807, 2.05) is 11.8 Å². The standard InChI is InChI=1S/C10H23NS/c1-5-9(6-2)10(7-11)12-8(3)4/h8-10H,5-7,11H2,1-4H3. The molecule has 0 rings (SSSR count). The van der Waals surface area contributed by atoms with E-state index in [1.54, 1.807) is 0 Å². The largest absolute Gasteiger partial charge is 0.329 e. The molecule has 74 valence electrons. The van der Waals surface area contributed by atoms with Crippen LogP contribution in [0.1, 0.15) is 40.5 Å². The predicted molar refractivity (Wildman–Crippen MR) is 59.6 cm³/mol. The molecular formula is C10H23NS. The van der Waals surface area contributed by atoms with Crippen LogP contribution in [0.2, 0.25) is 0 Å². The molecule has 0 heterocycles. The predicted octanol–water partition coefficient (Wildman–Crippen LogP) is 2.89. The Kier molecular flexibility index (Phi) is 6.96. The molecule has 0 aromatic heterocycles. The molecule has 12 heavy (non-hydrogen) atoms. The van der Waals surface area contributed by atoms with Crippen LogP contribution in [0.25, 0.3) is 0 Å². The summed E-state index contributed by atoms with van der Waals surface area (Å²) in [5, 5.41) is 1.37. The van der Waals surface area contributed by atoms with Gasteiger partial charge in [-0.2, -0.15) is 11.8 Å². The van der Waals surface area contributed by atoms with E-state index in [-0.39, 0.29) is 0 Å². The minimum Gasteiger partial charge on any atom is -0.329 e. The molecule has 2 heteroatoms. The smallest absolute Gasteiger partial charge is 0.0200 e. The van der Waals surface area contributed by atoms with Crippen molar-refractivity contribution in [2.75, 3.05) is 6.54 Å². The third-order valence-electron chi connectivity index (χ3n) is 2.25. The number of rotatable bonds is 6. The van der Waals surface area contributed by atoms with Gasteiger partial charge in [0.05, 0.1) is 0 Å². The Morgan fingerprint density at radius 1 is 1.17 bits per heavy atom. The van der Waals surface area contributed by atoms with Crippen molar-refractivity contribution in [3.05, 3.63) is 0 Å². The fraction of sp³-hybridized carbons (Fsp3) is 1.00. The Morgan fingerprint density at radius 2 is 1.67 bits per heavy atom. The molecule has 0 aliphatic heterocycles. The molecule has 0 saturated carbocycles. The van der Waals surface area contributed by atoms with Gasteiger partial charge in [0.25, 0.3) is 0 Å². The molecule has 0 bridgehead atoms. The highest BCUT2D eigenvalue weighted by atomic mass is 32.2. The topological polar surface area (TPSA) is 26.0 Å². The molecule has 0 fully saturated rings. The lowest BCUT2D eigenvalue weighted by molar-refractivity contribution is 0.474. The molecule has 0 aliphatic rings. The van der Waals surface area contributed by atoms with Gasteiger partial charge in [0, 0.05) is 11.8 Å². The summed E-state index contributed by atoms with van der Waals surface area (Å²) in [4.78, 5) is 0. The van der Waals surface area contributed by atoms with Crippen molar-refractivity contribution in [2.45, 2.75) is 51.0 Å². The van der Waals surface area contributed by atoms with Gasteiger partial charge in [-0.05, 0) is 11.2 Å². The second-order valence-electron chi connectivity index (χ2n) is 3.54. The van der Waals surface area contributed by atoms with E-state index in [4.69, 9.17) is 5.73 Å². The van der Waals surface area contributed by atoms with Crippen LogP contribution in [0.5, 0.6) is 0 Å². The maximum Gasteiger partial charge on any atom is 0.0200 e. The minimum atomic E-state index is 0.667. The minimum absolute atomic E-state index is 0.667. The monoisotopic (exact) mass is 189 g/mol. The van der Waals surface area contributed by atoms with Gasteiger partial charge in [0.15, 0.2) is 0 Å². The van der Waals surface area contributed by atoms with Crippen molar-refractivity contribution in [1.82, 2.24) is 0 Å². The van der Waals surface area contributed by atoms with E-state index >= 15 is 0 Å². The molecule has 0 aromatic rings. The summed E-state index contributed by atoms with van der Waals surface area (Å²) in [6.45, 7) is 9.84. The van der Waals surface area contributed by atoms with Gasteiger partial charge in [-0.3, -0.25) is 0 Å². The molecular weight excluding hydrogens is 166 g/mol. The van der Waals surface area contributed by atoms with Crippen molar-refractivity contribution >= 4 is 11.8 Å². The molecule has 0 aromatic carbocycles. The summed E-state index contributed by atoms with van der Waals surface area (Å²) in [6, 6.07) is 0. The second kappa shape index (κ2) is 6.79. The number of hydrogen-bond acceptors (Lipinski definition) is 2. The van der Waals surface area contributed by atoms with Crippen LogP contribution < -0.4 is 5.73 Å². The molecule has 0 radical (unpaired) electrons. The van der Waals surface area contributed by atoms with Gasteiger partial charge in [-0.1, -0.05) is 40.5 Å². The SMILES string of the molecule is CCC(CC)C(CN)SC(C)C. The lowest BCUT2D eigenvalue weighted by atomic mass is 9.99. The molecule has 2 N–H and O–H groups in total. The van der Waals surface area contributed by atoms with Gasteiger partial charge in [0.1, 0.15) is 0 Å². The van der Waals surface area contributed by atoms with Crippen molar-refractivity contribution < 1.29 is 0 Å². The van der Waals surface area contributed by atoms with Gasteiger partial charge < -0.3 is 5.73 Å². The number of nitrogens with two attached hydrogens (primary N) is 1. The molecule has 0 saturated heterocycles. The lowest BCUT2D eigenvalue weighted by Gasteiger charge is -2.24. The fourth-order valence-corrected chi connectivity index (χ4v) is 2.94. The fourth-order valence-electron chi connectivity index (χ4n) is 1.52. The second-order valence-corrected chi connectivity index (χ2v) is 5.36. The van der Waals surface area contributed by atoms with E-state index in [0.29, 0.717) is 10.5 Å². The highest BCUT2D eigenvalue weighted by molar-refractivity contribution is 8.00. The zero-order valence-corrected chi connectivity index (χ0v) is 9.66. The summed E-state index contributed by atoms with van der Waals surface area (Å²) < 4.78 is 0. The molecule has 0 amide bonds. The van der Waals surface area contributed by atoms with Crippen molar-refractivity contribution in [2.24, 2.45) is 11.7 Å². The van der Waals surface area contributed by atoms with E-state index < -0.39 is 0 Å². The first-order valence-corrected chi connectivity index (χ1v) is 5.95. The summed E-state index contributed by atoms with van der Waals surface area (Å²) >= 11 is 2.03. The van der Waals surface area contributed by atoms with Gasteiger partial charge in [0.2, 0.25) is 0 Å². The molecule has 1 nitrogen and oxygen atoms in total. The Labute approximate surface area is 81.5 Å². The first-order chi connectivity index (χ1) is 5.65. The molecule has 0 aliphatic carbocycles. The first kappa shape index (κ1) is 12.3. The summed E-state index contributed by atoms with van der Waals surface area (Å²) in [5.41, 5.74) is 5.75. The van der Waals surface area contributed by atoms with Crippen LogP contribution in [0.15, 0.2) is 0 Å². The molecule has 0 spiro atoms. The van der Waals surface area contributed by atoms with E-state index in [0.717, 1.165) is 12.5 Å². The Balaban J connectivity index is 3.92. The zero-order chi connectivity index (χ0) is 9.56. The Bertz CT molecular complexity index is 100. The first-order valence-electron chi connectivity index (χ1n) is 5.01. The van der Waals surface area contributed by atoms with Crippen LogP contribution >= 0.6 is 11.8 Å². The van der Waals surface area contributed by atoms with Crippen molar-refractivity contribution in [3.8, 4) is 0 Å². The third kappa shape index (κ3) is 4.36. The van der Waals surface area contributed by atoms with Gasteiger partial charge in [-0.25, -0.2) is 0 Å². The zero-order valence-electron chi connectivity index (χ0n) is 8.84. The highest BCUT2D eigenvalue weighted by Gasteiger charge is 2.18. The lowest BCUT2D eigenvalue weighted by Crippen LogP contribution is -2.26. The van der Waals surface area contributed by atoms with E-state index in [9.17, 15) is 0 Å². The average Bonchev–Trinajstić information content (AvgIpc) is 2.04. The van der Waals surface area contributed by atoms with Crippen LogP contribution in [0.4, 0.5) is 0 Å². The maximum absolute atomic E-state index is 5.75. The maximum atomic E-state index is 5.75. The summed E-state index contributed by atoms with van der Waals surface area (Å²) in [6.07, 6.45) is 2.52. The Hall–Kier alpha value is 0.310. The summed E-state index contributed by atoms with van der Waals surface area (Å²) in [5.74, 6) is 0.808. The van der Waals surface area contributed by atoms with Gasteiger partial charge in [-0.15, -0.1) is 0 Å². The van der Waals surface area contributed by atoms with E-state index in [2.05, 4.69) is 27.7 Å². The van der Waals surface area contributed by atoms with Crippen LogP contribution in [0.3, 0.4) is 0 Å². The molecule has 1 unspecified atom stereocenters. The quantitative estimate of drug-likeness (QED) is 0.695. The van der Waals surface area contributed by atoms with Crippen LogP contribution in [-0.2, 0) is 0 Å². The average molecular weight is 189 g/mol. The van der Waals surface area contributed by atoms with Crippen LogP contribution in [0, 0.1) is 5.92 Å². The highest BCUT2D eigenvalue weighted by Crippen LogP contribution is 2.27. The van der Waals surface area contributed by atoms with Crippen molar-refractivity contribution in [1.29, 1.82) is 0 Å². The Morgan fingerprint density at radius 3 is 1.92 bits per heavy atom. The normalized spacial score (nSPS) is 14.2. The van der Waals surface area contributed by atoms with Crippen LogP contribution in [-0.4, -0.2) is 17.0 Å². The number of hydrogen-bond donors (Lipinski definition) is 1. The molecule has 1 atom stereocenters. The summed E-state index contributed by atoms with van der Waals surface area (Å²) in [7, 11) is 0. The van der Waals surface area contributed by atoms with E-state index in [1.165, 1.54) is 12.8 Å². The van der Waals surface area contributed by atoms with Gasteiger partial charge >= 0.3 is 0 Å².